The number of rotatable bonds is 4. The van der Waals surface area contributed by atoms with Gasteiger partial charge in [0, 0.05) is 45.8 Å². The normalized spacial score (nSPS) is 22.0. The number of fused-ring (bicyclic) bond motifs is 2. The molecule has 0 radical (unpaired) electrons. The lowest BCUT2D eigenvalue weighted by Gasteiger charge is -2.46. The van der Waals surface area contributed by atoms with Gasteiger partial charge >= 0.3 is 0 Å². The van der Waals surface area contributed by atoms with Crippen molar-refractivity contribution in [2.45, 2.75) is 82.2 Å². The quantitative estimate of drug-likeness (QED) is 0.461. The number of aliphatic hydroxyl groups is 1. The molecule has 2 aromatic heterocycles. The molecule has 6 rings (SSSR count). The smallest absolute Gasteiger partial charge is 0.219 e. The average molecular weight is 561 g/mol. The van der Waals surface area contributed by atoms with Gasteiger partial charge in [0.15, 0.2) is 0 Å². The van der Waals surface area contributed by atoms with Gasteiger partial charge in [-0.2, -0.15) is 4.31 Å². The minimum absolute atomic E-state index is 0.0392. The summed E-state index contributed by atoms with van der Waals surface area (Å²) >= 11 is 8.15. The minimum atomic E-state index is -3.45. The zero-order chi connectivity index (χ0) is 26.2. The number of nitrogens with zero attached hydrogens (tertiary/aromatic N) is 4. The van der Waals surface area contributed by atoms with Crippen molar-refractivity contribution in [2.24, 2.45) is 0 Å². The van der Waals surface area contributed by atoms with Crippen molar-refractivity contribution >= 4 is 48.9 Å². The van der Waals surface area contributed by atoms with Gasteiger partial charge in [-0.05, 0) is 83.1 Å². The number of sulfonamides is 1. The lowest BCUT2D eigenvalue weighted by Crippen LogP contribution is -2.56. The summed E-state index contributed by atoms with van der Waals surface area (Å²) in [4.78, 5) is 12.4. The van der Waals surface area contributed by atoms with Crippen LogP contribution >= 0.6 is 22.9 Å². The van der Waals surface area contributed by atoms with E-state index in [2.05, 4.69) is 16.0 Å². The number of hydrogen-bond donors (Lipinski definition) is 1. The summed E-state index contributed by atoms with van der Waals surface area (Å²) in [6.07, 6.45) is 7.26. The van der Waals surface area contributed by atoms with E-state index in [1.54, 1.807) is 27.1 Å². The Kier molecular flexibility index (Phi) is 6.12. The summed E-state index contributed by atoms with van der Waals surface area (Å²) in [5, 5.41) is 10.4. The van der Waals surface area contributed by atoms with Gasteiger partial charge < -0.3 is 10.0 Å². The van der Waals surface area contributed by atoms with E-state index in [9.17, 15) is 13.5 Å². The molecule has 3 aliphatic rings. The second-order valence-corrected chi connectivity index (χ2v) is 15.8. The molecule has 2 fully saturated rings. The van der Waals surface area contributed by atoms with E-state index in [4.69, 9.17) is 16.6 Å². The van der Waals surface area contributed by atoms with Gasteiger partial charge in [-0.1, -0.05) is 11.6 Å². The highest BCUT2D eigenvalue weighted by atomic mass is 35.5. The third-order valence-electron chi connectivity index (χ3n) is 8.37. The van der Waals surface area contributed by atoms with E-state index in [0.717, 1.165) is 77.1 Å². The molecule has 1 atom stereocenters. The molecule has 0 bridgehead atoms. The maximum absolute atomic E-state index is 13.7. The number of benzene rings is 1. The van der Waals surface area contributed by atoms with Crippen LogP contribution in [0.2, 0.25) is 5.02 Å². The third-order valence-corrected chi connectivity index (χ3v) is 12.4. The van der Waals surface area contributed by atoms with Crippen molar-refractivity contribution in [2.75, 3.05) is 18.0 Å². The monoisotopic (exact) mass is 560 g/mol. The maximum Gasteiger partial charge on any atom is 0.219 e. The van der Waals surface area contributed by atoms with E-state index in [-0.39, 0.29) is 18.2 Å². The maximum atomic E-state index is 13.7. The molecule has 1 unspecified atom stereocenters. The first kappa shape index (κ1) is 25.5. The molecule has 10 heteroatoms. The van der Waals surface area contributed by atoms with Crippen molar-refractivity contribution < 1.29 is 13.5 Å². The number of aromatic nitrogens is 2. The SMILES string of the molecule is CC(C)(C)S(=O)(=O)N1CC(N2CCCc3cc(Cl)cc(-c4ncnc5cc(CO)sc45)c32)CC12CCC2. The molecule has 1 aromatic carbocycles. The Morgan fingerprint density at radius 3 is 2.65 bits per heavy atom. The van der Waals surface area contributed by atoms with Gasteiger partial charge in [-0.3, -0.25) is 0 Å². The summed E-state index contributed by atoms with van der Waals surface area (Å²) in [6, 6.07) is 6.03. The molecule has 4 heterocycles. The molecule has 1 N–H and O–H groups in total. The largest absolute Gasteiger partial charge is 0.391 e. The number of halogens is 1. The molecule has 1 aliphatic carbocycles. The van der Waals surface area contributed by atoms with Gasteiger partial charge in [0.2, 0.25) is 10.0 Å². The first-order chi connectivity index (χ1) is 17.5. The molecule has 7 nitrogen and oxygen atoms in total. The Morgan fingerprint density at radius 1 is 1.19 bits per heavy atom. The van der Waals surface area contributed by atoms with E-state index >= 15 is 0 Å². The van der Waals surface area contributed by atoms with Crippen LogP contribution in [0, 0.1) is 0 Å². The lowest BCUT2D eigenvalue weighted by molar-refractivity contribution is 0.125. The molecule has 198 valence electrons. The van der Waals surface area contributed by atoms with Crippen molar-refractivity contribution in [3.63, 3.8) is 0 Å². The second-order valence-electron chi connectivity index (χ2n) is 11.6. The van der Waals surface area contributed by atoms with Crippen LogP contribution in [0.1, 0.15) is 63.3 Å². The van der Waals surface area contributed by atoms with Crippen molar-refractivity contribution in [3.8, 4) is 11.3 Å². The molecular weight excluding hydrogens is 528 g/mol. The van der Waals surface area contributed by atoms with Crippen LogP contribution in [-0.2, 0) is 23.1 Å². The zero-order valence-electron chi connectivity index (χ0n) is 21.5. The van der Waals surface area contributed by atoms with Crippen LogP contribution in [0.25, 0.3) is 21.5 Å². The van der Waals surface area contributed by atoms with Crippen LogP contribution in [0.15, 0.2) is 24.5 Å². The number of hydrogen-bond acceptors (Lipinski definition) is 7. The van der Waals surface area contributed by atoms with E-state index < -0.39 is 14.8 Å². The predicted octanol–water partition coefficient (Wildman–Crippen LogP) is 5.38. The fourth-order valence-electron chi connectivity index (χ4n) is 6.38. The molecule has 3 aromatic rings. The van der Waals surface area contributed by atoms with Crippen LogP contribution in [0.5, 0.6) is 0 Å². The molecule has 1 saturated heterocycles. The van der Waals surface area contributed by atoms with E-state index in [1.165, 1.54) is 16.9 Å². The predicted molar refractivity (Wildman–Crippen MR) is 150 cm³/mol. The molecule has 1 saturated carbocycles. The van der Waals surface area contributed by atoms with Gasteiger partial charge in [0.05, 0.1) is 27.3 Å². The molecule has 37 heavy (non-hydrogen) atoms. The Bertz CT molecular complexity index is 1480. The van der Waals surface area contributed by atoms with Crippen LogP contribution in [0.4, 0.5) is 5.69 Å². The first-order valence-corrected chi connectivity index (χ1v) is 15.6. The van der Waals surface area contributed by atoms with E-state index in [0.29, 0.717) is 11.6 Å². The fourth-order valence-corrected chi connectivity index (χ4v) is 9.39. The van der Waals surface area contributed by atoms with Gasteiger partial charge in [-0.25, -0.2) is 18.4 Å². The van der Waals surface area contributed by atoms with Gasteiger partial charge in [0.25, 0.3) is 0 Å². The van der Waals surface area contributed by atoms with Gasteiger partial charge in [0.1, 0.15) is 6.33 Å². The van der Waals surface area contributed by atoms with Crippen molar-refractivity contribution in [1.29, 1.82) is 0 Å². The van der Waals surface area contributed by atoms with Crippen LogP contribution < -0.4 is 4.90 Å². The lowest BCUT2D eigenvalue weighted by atomic mass is 9.75. The summed E-state index contributed by atoms with van der Waals surface area (Å²) in [6.45, 7) is 6.75. The summed E-state index contributed by atoms with van der Waals surface area (Å²) in [5.41, 5.74) is 4.61. The number of thiophene rings is 1. The zero-order valence-corrected chi connectivity index (χ0v) is 23.9. The van der Waals surface area contributed by atoms with Crippen LogP contribution in [0.3, 0.4) is 0 Å². The summed E-state index contributed by atoms with van der Waals surface area (Å²) < 4.78 is 29.4. The standard InChI is InChI=1S/C27H33ClN4O3S2/c1-26(2,3)37(34,35)32-14-19(13-27(32)7-5-8-27)31-9-4-6-17-10-18(28)11-21(24(17)31)23-25-22(29-16-30-23)12-20(15-33)36-25/h10-12,16,19,33H,4-9,13-15H2,1-3H3. The summed E-state index contributed by atoms with van der Waals surface area (Å²) in [5.74, 6) is 0. The Morgan fingerprint density at radius 2 is 1.97 bits per heavy atom. The highest BCUT2D eigenvalue weighted by Crippen LogP contribution is 2.52. The molecular formula is C27H33ClN4O3S2. The molecule has 1 spiro atoms. The third kappa shape index (κ3) is 4.00. The average Bonchev–Trinajstić information content (AvgIpc) is 3.44. The minimum Gasteiger partial charge on any atom is -0.391 e. The topological polar surface area (TPSA) is 86.6 Å². The molecule has 0 amide bonds. The number of aliphatic hydroxyl groups excluding tert-OH is 1. The number of anilines is 1. The van der Waals surface area contributed by atoms with Crippen molar-refractivity contribution in [1.82, 2.24) is 14.3 Å². The Labute approximate surface area is 227 Å². The number of aryl methyl sites for hydroxylation is 1. The Hall–Kier alpha value is -1.78. The van der Waals surface area contributed by atoms with E-state index in [1.807, 2.05) is 16.4 Å². The molecule has 2 aliphatic heterocycles. The highest BCUT2D eigenvalue weighted by molar-refractivity contribution is 7.90. The second kappa shape index (κ2) is 8.88. The highest BCUT2D eigenvalue weighted by Gasteiger charge is 2.57. The van der Waals surface area contributed by atoms with Gasteiger partial charge in [-0.15, -0.1) is 11.3 Å². The fraction of sp³-hybridized carbons (Fsp3) is 0.556. The van der Waals surface area contributed by atoms with Crippen LogP contribution in [-0.4, -0.2) is 57.2 Å². The van der Waals surface area contributed by atoms with Crippen molar-refractivity contribution in [3.05, 3.63) is 40.0 Å². The first-order valence-electron chi connectivity index (χ1n) is 13.0. The Balaban J connectivity index is 1.47. The summed E-state index contributed by atoms with van der Waals surface area (Å²) in [7, 11) is -3.45.